The Kier molecular flexibility index (Phi) is 4.33. The summed E-state index contributed by atoms with van der Waals surface area (Å²) in [5.41, 5.74) is 0.0913. The second-order valence-electron chi connectivity index (χ2n) is 4.86. The summed E-state index contributed by atoms with van der Waals surface area (Å²) in [7, 11) is 0. The quantitative estimate of drug-likeness (QED) is 0.570. The van der Waals surface area contributed by atoms with Crippen LogP contribution in [0.25, 0.3) is 0 Å². The molecule has 0 heterocycles. The first-order valence-corrected chi connectivity index (χ1v) is 6.63. The Hall–Kier alpha value is -0.960. The van der Waals surface area contributed by atoms with Gasteiger partial charge in [0.15, 0.2) is 17.4 Å². The van der Waals surface area contributed by atoms with Crippen LogP contribution in [0.3, 0.4) is 0 Å². The van der Waals surface area contributed by atoms with Crippen LogP contribution < -0.4 is 0 Å². The summed E-state index contributed by atoms with van der Waals surface area (Å²) in [4.78, 5) is 11.9. The number of halogens is 3. The van der Waals surface area contributed by atoms with Crippen molar-refractivity contribution in [2.24, 2.45) is 5.92 Å². The van der Waals surface area contributed by atoms with E-state index >= 15 is 0 Å². The summed E-state index contributed by atoms with van der Waals surface area (Å²) in [6.45, 7) is 0. The zero-order valence-corrected chi connectivity index (χ0v) is 10.8. The Morgan fingerprint density at radius 3 is 2.50 bits per heavy atom. The molecule has 0 aromatic heterocycles. The lowest BCUT2D eigenvalue weighted by Crippen LogP contribution is -2.05. The van der Waals surface area contributed by atoms with Gasteiger partial charge in [-0.2, -0.15) is 0 Å². The van der Waals surface area contributed by atoms with Crippen LogP contribution in [-0.4, -0.2) is 5.78 Å². The maximum Gasteiger partial charge on any atom is 0.164 e. The number of Topliss-reactive ketones (excluding diaryl/α,β-unsaturated/α-hetero) is 1. The molecule has 0 amide bonds. The van der Waals surface area contributed by atoms with Crippen molar-refractivity contribution in [1.29, 1.82) is 0 Å². The van der Waals surface area contributed by atoms with Gasteiger partial charge in [0.25, 0.3) is 0 Å². The molecule has 0 N–H and O–H groups in total. The van der Waals surface area contributed by atoms with Gasteiger partial charge in [0.1, 0.15) is 0 Å². The Labute approximate surface area is 110 Å². The molecule has 1 fully saturated rings. The van der Waals surface area contributed by atoms with Gasteiger partial charge in [-0.25, -0.2) is 8.78 Å². The Morgan fingerprint density at radius 1 is 1.22 bits per heavy atom. The van der Waals surface area contributed by atoms with Crippen LogP contribution in [0.15, 0.2) is 12.1 Å². The molecule has 1 saturated carbocycles. The van der Waals surface area contributed by atoms with Crippen molar-refractivity contribution in [2.75, 3.05) is 0 Å². The second-order valence-corrected chi connectivity index (χ2v) is 5.27. The SMILES string of the molecule is O=C(CCC1CCCC1)c1cc(F)c(F)cc1Cl. The topological polar surface area (TPSA) is 17.1 Å². The van der Waals surface area contributed by atoms with E-state index in [0.717, 1.165) is 18.6 Å². The highest BCUT2D eigenvalue weighted by molar-refractivity contribution is 6.33. The highest BCUT2D eigenvalue weighted by Gasteiger charge is 2.19. The Morgan fingerprint density at radius 2 is 1.83 bits per heavy atom. The van der Waals surface area contributed by atoms with Crippen molar-refractivity contribution in [2.45, 2.75) is 38.5 Å². The van der Waals surface area contributed by atoms with Crippen molar-refractivity contribution < 1.29 is 13.6 Å². The van der Waals surface area contributed by atoms with Crippen LogP contribution in [0.2, 0.25) is 5.02 Å². The van der Waals surface area contributed by atoms with Crippen molar-refractivity contribution >= 4 is 17.4 Å². The first-order chi connectivity index (χ1) is 8.58. The number of benzene rings is 1. The zero-order valence-electron chi connectivity index (χ0n) is 10.0. The van der Waals surface area contributed by atoms with E-state index in [9.17, 15) is 13.6 Å². The molecular formula is C14H15ClF2O. The summed E-state index contributed by atoms with van der Waals surface area (Å²) in [6, 6.07) is 1.76. The summed E-state index contributed by atoms with van der Waals surface area (Å²) in [5.74, 6) is -1.65. The van der Waals surface area contributed by atoms with Gasteiger partial charge in [-0.15, -0.1) is 0 Å². The molecule has 0 aliphatic heterocycles. The fourth-order valence-electron chi connectivity index (χ4n) is 2.51. The molecule has 4 heteroatoms. The van der Waals surface area contributed by atoms with E-state index in [1.54, 1.807) is 0 Å². The summed E-state index contributed by atoms with van der Waals surface area (Å²) >= 11 is 5.76. The maximum atomic E-state index is 13.1. The number of hydrogen-bond donors (Lipinski definition) is 0. The van der Waals surface area contributed by atoms with Crippen molar-refractivity contribution in [3.63, 3.8) is 0 Å². The van der Waals surface area contributed by atoms with E-state index in [2.05, 4.69) is 0 Å². The third-order valence-electron chi connectivity index (χ3n) is 3.56. The van der Waals surface area contributed by atoms with Gasteiger partial charge in [-0.05, 0) is 24.5 Å². The summed E-state index contributed by atoms with van der Waals surface area (Å²) in [5, 5.41) is -0.00896. The van der Waals surface area contributed by atoms with Crippen LogP contribution >= 0.6 is 11.6 Å². The van der Waals surface area contributed by atoms with E-state index in [4.69, 9.17) is 11.6 Å². The molecule has 0 bridgehead atoms. The standard InChI is InChI=1S/C14H15ClF2O/c15-11-8-13(17)12(16)7-10(11)14(18)6-5-9-3-1-2-4-9/h7-9H,1-6H2. The molecule has 1 aromatic rings. The average molecular weight is 273 g/mol. The maximum absolute atomic E-state index is 13.1. The molecule has 0 saturated heterocycles. The molecule has 98 valence electrons. The molecule has 1 aliphatic carbocycles. The predicted molar refractivity (Wildman–Crippen MR) is 66.9 cm³/mol. The van der Waals surface area contributed by atoms with Gasteiger partial charge in [0.2, 0.25) is 0 Å². The van der Waals surface area contributed by atoms with Gasteiger partial charge >= 0.3 is 0 Å². The third kappa shape index (κ3) is 3.08. The number of hydrogen-bond acceptors (Lipinski definition) is 1. The van der Waals surface area contributed by atoms with Crippen molar-refractivity contribution in [3.8, 4) is 0 Å². The van der Waals surface area contributed by atoms with Gasteiger partial charge in [-0.3, -0.25) is 4.79 Å². The normalized spacial score (nSPS) is 16.2. The first kappa shape index (κ1) is 13.5. The Bertz CT molecular complexity index is 453. The summed E-state index contributed by atoms with van der Waals surface area (Å²) < 4.78 is 26.0. The summed E-state index contributed by atoms with van der Waals surface area (Å²) in [6.07, 6.45) is 5.96. The van der Waals surface area contributed by atoms with Gasteiger partial charge < -0.3 is 0 Å². The smallest absolute Gasteiger partial charge is 0.164 e. The minimum Gasteiger partial charge on any atom is -0.294 e. The molecule has 2 rings (SSSR count). The molecule has 1 aliphatic rings. The van der Waals surface area contributed by atoms with E-state index in [1.807, 2.05) is 0 Å². The van der Waals surface area contributed by atoms with Crippen LogP contribution in [0, 0.1) is 17.6 Å². The lowest BCUT2D eigenvalue weighted by Gasteiger charge is -2.09. The van der Waals surface area contributed by atoms with Crippen molar-refractivity contribution in [3.05, 3.63) is 34.4 Å². The van der Waals surface area contributed by atoms with Gasteiger partial charge in [0, 0.05) is 12.0 Å². The van der Waals surface area contributed by atoms with E-state index in [-0.39, 0.29) is 16.4 Å². The fourth-order valence-corrected chi connectivity index (χ4v) is 2.76. The minimum absolute atomic E-state index is 0.00896. The second kappa shape index (κ2) is 5.79. The Balaban J connectivity index is 2.01. The van der Waals surface area contributed by atoms with Crippen molar-refractivity contribution in [1.82, 2.24) is 0 Å². The highest BCUT2D eigenvalue weighted by atomic mass is 35.5. The number of ketones is 1. The molecule has 0 unspecified atom stereocenters. The molecule has 0 radical (unpaired) electrons. The molecular weight excluding hydrogens is 258 g/mol. The van der Waals surface area contributed by atoms with Crippen LogP contribution in [-0.2, 0) is 0 Å². The van der Waals surface area contributed by atoms with E-state index in [1.165, 1.54) is 25.7 Å². The average Bonchev–Trinajstić information content (AvgIpc) is 2.84. The molecule has 0 spiro atoms. The number of carbonyl (C=O) groups excluding carboxylic acids is 1. The molecule has 1 aromatic carbocycles. The van der Waals surface area contributed by atoms with Crippen LogP contribution in [0.4, 0.5) is 8.78 Å². The van der Waals surface area contributed by atoms with Gasteiger partial charge in [0.05, 0.1) is 5.02 Å². The van der Waals surface area contributed by atoms with E-state index in [0.29, 0.717) is 12.3 Å². The highest BCUT2D eigenvalue weighted by Crippen LogP contribution is 2.30. The number of rotatable bonds is 4. The third-order valence-corrected chi connectivity index (χ3v) is 3.88. The monoisotopic (exact) mass is 272 g/mol. The largest absolute Gasteiger partial charge is 0.294 e. The lowest BCUT2D eigenvalue weighted by molar-refractivity contribution is 0.0973. The zero-order chi connectivity index (χ0) is 13.1. The predicted octanol–water partition coefficient (Wildman–Crippen LogP) is 4.77. The number of carbonyl (C=O) groups is 1. The van der Waals surface area contributed by atoms with Crippen LogP contribution in [0.1, 0.15) is 48.9 Å². The van der Waals surface area contributed by atoms with Gasteiger partial charge in [-0.1, -0.05) is 37.3 Å². The minimum atomic E-state index is -1.02. The molecule has 0 atom stereocenters. The fraction of sp³-hybridized carbons (Fsp3) is 0.500. The van der Waals surface area contributed by atoms with Crippen LogP contribution in [0.5, 0.6) is 0 Å². The molecule has 1 nitrogen and oxygen atoms in total. The molecule has 18 heavy (non-hydrogen) atoms. The lowest BCUT2D eigenvalue weighted by atomic mass is 9.97. The van der Waals surface area contributed by atoms with E-state index < -0.39 is 11.6 Å². The first-order valence-electron chi connectivity index (χ1n) is 6.25.